The van der Waals surface area contributed by atoms with E-state index >= 15 is 0 Å². The summed E-state index contributed by atoms with van der Waals surface area (Å²) in [6, 6.07) is 5.90. The van der Waals surface area contributed by atoms with E-state index in [1.54, 1.807) is 0 Å². The number of aryl methyl sites for hydroxylation is 1. The molecular formula is C18H17BrN2O. The van der Waals surface area contributed by atoms with Crippen LogP contribution < -0.4 is 5.32 Å². The smallest absolute Gasteiger partial charge is 0.256 e. The molecule has 1 aliphatic heterocycles. The molecule has 4 rings (SSSR count). The fraction of sp³-hybridized carbons (Fsp3) is 0.278. The maximum Gasteiger partial charge on any atom is 0.256 e. The number of amides is 1. The number of aromatic amines is 1. The normalized spacial score (nSPS) is 18.3. The van der Waals surface area contributed by atoms with E-state index in [1.165, 1.54) is 29.7 Å². The van der Waals surface area contributed by atoms with Crippen LogP contribution in [0.4, 0.5) is 5.69 Å². The van der Waals surface area contributed by atoms with Gasteiger partial charge in [-0.05, 0) is 61.9 Å². The minimum Gasteiger partial charge on any atom is -0.358 e. The number of nitrogens with one attached hydrogen (secondary N) is 2. The lowest BCUT2D eigenvalue weighted by Gasteiger charge is -2.10. The largest absolute Gasteiger partial charge is 0.358 e. The van der Waals surface area contributed by atoms with Gasteiger partial charge >= 0.3 is 0 Å². The van der Waals surface area contributed by atoms with Gasteiger partial charge in [-0.3, -0.25) is 4.79 Å². The van der Waals surface area contributed by atoms with Crippen molar-refractivity contribution in [2.45, 2.75) is 32.6 Å². The number of H-pyrrole nitrogens is 1. The fourth-order valence-corrected chi connectivity index (χ4v) is 3.84. The van der Waals surface area contributed by atoms with E-state index in [4.69, 9.17) is 0 Å². The summed E-state index contributed by atoms with van der Waals surface area (Å²) in [7, 11) is 0. The lowest BCUT2D eigenvalue weighted by Crippen LogP contribution is -2.03. The van der Waals surface area contributed by atoms with Crippen LogP contribution in [0, 0.1) is 6.92 Å². The summed E-state index contributed by atoms with van der Waals surface area (Å²) in [6.07, 6.45) is 6.79. The summed E-state index contributed by atoms with van der Waals surface area (Å²) in [5.41, 5.74) is 7.76. The lowest BCUT2D eigenvalue weighted by molar-refractivity contribution is -0.110. The first-order chi connectivity index (χ1) is 10.6. The Morgan fingerprint density at radius 1 is 1.23 bits per heavy atom. The Hall–Kier alpha value is -1.81. The Labute approximate surface area is 137 Å². The highest BCUT2D eigenvalue weighted by molar-refractivity contribution is 9.10. The van der Waals surface area contributed by atoms with Crippen molar-refractivity contribution in [3.8, 4) is 0 Å². The second-order valence-corrected chi connectivity index (χ2v) is 6.95. The van der Waals surface area contributed by atoms with Gasteiger partial charge in [0.05, 0.1) is 11.3 Å². The summed E-state index contributed by atoms with van der Waals surface area (Å²) in [5.74, 6) is -0.0277. The van der Waals surface area contributed by atoms with E-state index in [2.05, 4.69) is 33.2 Å². The molecule has 2 heterocycles. The third kappa shape index (κ3) is 2.13. The molecule has 112 valence electrons. The first kappa shape index (κ1) is 13.8. The number of anilines is 1. The van der Waals surface area contributed by atoms with E-state index in [0.29, 0.717) is 0 Å². The molecule has 2 aliphatic rings. The number of carbonyl (C=O) groups excluding carboxylic acids is 1. The SMILES string of the molecule is Cc1c(C=C2C(=O)Nc3cc(Br)ccc32)[nH]c2c1CCCC2. The molecule has 0 bridgehead atoms. The second-order valence-electron chi connectivity index (χ2n) is 6.03. The Balaban J connectivity index is 1.81. The van der Waals surface area contributed by atoms with E-state index < -0.39 is 0 Å². The molecule has 0 radical (unpaired) electrons. The summed E-state index contributed by atoms with van der Waals surface area (Å²) in [4.78, 5) is 15.8. The highest BCUT2D eigenvalue weighted by Gasteiger charge is 2.25. The zero-order valence-corrected chi connectivity index (χ0v) is 14.0. The number of hydrogen-bond acceptors (Lipinski definition) is 1. The Kier molecular flexibility index (Phi) is 3.22. The number of halogens is 1. The highest BCUT2D eigenvalue weighted by Crippen LogP contribution is 2.36. The van der Waals surface area contributed by atoms with E-state index in [0.717, 1.165) is 39.8 Å². The minimum absolute atomic E-state index is 0.0277. The van der Waals surface area contributed by atoms with Crippen LogP contribution in [0.5, 0.6) is 0 Å². The summed E-state index contributed by atoms with van der Waals surface area (Å²) < 4.78 is 0.972. The van der Waals surface area contributed by atoms with Crippen molar-refractivity contribution in [1.29, 1.82) is 0 Å². The molecule has 3 nitrogen and oxygen atoms in total. The first-order valence-electron chi connectivity index (χ1n) is 7.67. The van der Waals surface area contributed by atoms with Gasteiger partial charge < -0.3 is 10.3 Å². The Bertz CT molecular complexity index is 817. The summed E-state index contributed by atoms with van der Waals surface area (Å²) in [5, 5.41) is 2.94. The average molecular weight is 357 g/mol. The molecule has 1 aromatic heterocycles. The summed E-state index contributed by atoms with van der Waals surface area (Å²) in [6.45, 7) is 2.16. The van der Waals surface area contributed by atoms with Crippen molar-refractivity contribution in [3.05, 3.63) is 50.8 Å². The molecule has 0 fully saturated rings. The van der Waals surface area contributed by atoms with Crippen molar-refractivity contribution in [1.82, 2.24) is 4.98 Å². The third-order valence-corrected chi connectivity index (χ3v) is 5.16. The molecular weight excluding hydrogens is 340 g/mol. The van der Waals surface area contributed by atoms with Gasteiger partial charge in [-0.15, -0.1) is 0 Å². The molecule has 0 saturated heterocycles. The Morgan fingerprint density at radius 2 is 2.05 bits per heavy atom. The maximum atomic E-state index is 12.3. The first-order valence-corrected chi connectivity index (χ1v) is 8.46. The zero-order chi connectivity index (χ0) is 15.3. The van der Waals surface area contributed by atoms with Crippen LogP contribution in [0.25, 0.3) is 11.6 Å². The van der Waals surface area contributed by atoms with E-state index in [9.17, 15) is 4.79 Å². The average Bonchev–Trinajstić information content (AvgIpc) is 2.98. The van der Waals surface area contributed by atoms with Gasteiger partial charge in [0.1, 0.15) is 0 Å². The van der Waals surface area contributed by atoms with Gasteiger partial charge in [-0.25, -0.2) is 0 Å². The van der Waals surface area contributed by atoms with Gasteiger partial charge in [-0.2, -0.15) is 0 Å². The lowest BCUT2D eigenvalue weighted by atomic mass is 9.95. The predicted molar refractivity (Wildman–Crippen MR) is 92.8 cm³/mol. The van der Waals surface area contributed by atoms with Crippen molar-refractivity contribution >= 4 is 39.2 Å². The molecule has 0 atom stereocenters. The van der Waals surface area contributed by atoms with Crippen LogP contribution in [0.15, 0.2) is 22.7 Å². The molecule has 1 aliphatic carbocycles. The number of fused-ring (bicyclic) bond motifs is 2. The van der Waals surface area contributed by atoms with Gasteiger partial charge in [-0.1, -0.05) is 22.0 Å². The molecule has 2 aromatic rings. The van der Waals surface area contributed by atoms with Crippen molar-refractivity contribution in [2.75, 3.05) is 5.32 Å². The molecule has 1 aromatic carbocycles. The van der Waals surface area contributed by atoms with Gasteiger partial charge in [0, 0.05) is 21.4 Å². The van der Waals surface area contributed by atoms with E-state index in [-0.39, 0.29) is 5.91 Å². The van der Waals surface area contributed by atoms with Crippen LogP contribution in [-0.2, 0) is 17.6 Å². The molecule has 0 unspecified atom stereocenters. The monoisotopic (exact) mass is 356 g/mol. The quantitative estimate of drug-likeness (QED) is 0.728. The summed E-state index contributed by atoms with van der Waals surface area (Å²) >= 11 is 3.44. The second kappa shape index (κ2) is 5.13. The maximum absolute atomic E-state index is 12.3. The minimum atomic E-state index is -0.0277. The number of benzene rings is 1. The standard InChI is InChI=1S/C18H17BrN2O/c1-10-12-4-2-3-5-15(12)20-16(10)9-14-13-7-6-11(19)8-17(13)21-18(14)22/h6-9,20H,2-5H2,1H3,(H,21,22). The molecule has 0 spiro atoms. The van der Waals surface area contributed by atoms with Crippen LogP contribution in [-0.4, -0.2) is 10.9 Å². The fourth-order valence-electron chi connectivity index (χ4n) is 3.47. The predicted octanol–water partition coefficient (Wildman–Crippen LogP) is 4.46. The third-order valence-electron chi connectivity index (χ3n) is 4.66. The molecule has 2 N–H and O–H groups in total. The number of aromatic nitrogens is 1. The zero-order valence-electron chi connectivity index (χ0n) is 12.4. The van der Waals surface area contributed by atoms with Gasteiger partial charge in [0.2, 0.25) is 0 Å². The molecule has 0 saturated carbocycles. The van der Waals surface area contributed by atoms with Crippen LogP contribution in [0.1, 0.15) is 40.9 Å². The van der Waals surface area contributed by atoms with Crippen molar-refractivity contribution in [2.24, 2.45) is 0 Å². The van der Waals surface area contributed by atoms with E-state index in [1.807, 2.05) is 24.3 Å². The van der Waals surface area contributed by atoms with Crippen LogP contribution in [0.3, 0.4) is 0 Å². The van der Waals surface area contributed by atoms with Crippen molar-refractivity contribution in [3.63, 3.8) is 0 Å². The number of carbonyl (C=O) groups is 1. The molecule has 22 heavy (non-hydrogen) atoms. The van der Waals surface area contributed by atoms with Crippen LogP contribution in [0.2, 0.25) is 0 Å². The van der Waals surface area contributed by atoms with Gasteiger partial charge in [0.15, 0.2) is 0 Å². The van der Waals surface area contributed by atoms with Gasteiger partial charge in [0.25, 0.3) is 5.91 Å². The molecule has 1 amide bonds. The molecule has 4 heteroatoms. The van der Waals surface area contributed by atoms with Crippen LogP contribution >= 0.6 is 15.9 Å². The Morgan fingerprint density at radius 3 is 2.86 bits per heavy atom. The highest BCUT2D eigenvalue weighted by atomic mass is 79.9. The number of hydrogen-bond donors (Lipinski definition) is 2. The number of rotatable bonds is 1. The topological polar surface area (TPSA) is 44.9 Å². The van der Waals surface area contributed by atoms with Crippen molar-refractivity contribution < 1.29 is 4.79 Å².